The van der Waals surface area contributed by atoms with E-state index in [-0.39, 0.29) is 5.02 Å². The Kier molecular flexibility index (Phi) is 3.97. The molecular weight excluding hydrogens is 308 g/mol. The highest BCUT2D eigenvalue weighted by molar-refractivity contribution is 9.10. The molecule has 0 fully saturated rings. The summed E-state index contributed by atoms with van der Waals surface area (Å²) in [7, 11) is 0. The van der Waals surface area contributed by atoms with Crippen molar-refractivity contribution in [3.8, 4) is 5.75 Å². The van der Waals surface area contributed by atoms with Crippen LogP contribution >= 0.6 is 27.5 Å². The average molecular weight is 317 g/mol. The van der Waals surface area contributed by atoms with E-state index in [1.54, 1.807) is 30.5 Å². The van der Waals surface area contributed by atoms with Crippen molar-refractivity contribution in [3.05, 3.63) is 57.5 Å². The quantitative estimate of drug-likeness (QED) is 0.791. The van der Waals surface area contributed by atoms with Crippen molar-refractivity contribution < 1.29 is 9.13 Å². The third-order valence-electron chi connectivity index (χ3n) is 2.09. The number of ether oxygens (including phenoxy) is 1. The molecule has 5 heteroatoms. The zero-order chi connectivity index (χ0) is 12.3. The minimum absolute atomic E-state index is 0.0973. The summed E-state index contributed by atoms with van der Waals surface area (Å²) in [5.74, 6) is 0.217. The van der Waals surface area contributed by atoms with Gasteiger partial charge in [0.15, 0.2) is 0 Å². The molecule has 0 bridgehead atoms. The smallest absolute Gasteiger partial charge is 0.141 e. The van der Waals surface area contributed by atoms with Gasteiger partial charge >= 0.3 is 0 Å². The Morgan fingerprint density at radius 1 is 1.29 bits per heavy atom. The zero-order valence-electron chi connectivity index (χ0n) is 8.66. The number of aromatic nitrogens is 1. The summed E-state index contributed by atoms with van der Waals surface area (Å²) in [6.45, 7) is 0.323. The topological polar surface area (TPSA) is 22.1 Å². The Hall–Kier alpha value is -1.13. The molecule has 0 saturated carbocycles. The lowest BCUT2D eigenvalue weighted by Gasteiger charge is -2.06. The number of hydrogen-bond donors (Lipinski definition) is 0. The van der Waals surface area contributed by atoms with Crippen LogP contribution in [0.1, 0.15) is 5.56 Å². The second kappa shape index (κ2) is 5.47. The third-order valence-corrected chi connectivity index (χ3v) is 2.85. The van der Waals surface area contributed by atoms with Crippen LogP contribution in [0.3, 0.4) is 0 Å². The van der Waals surface area contributed by atoms with Gasteiger partial charge in [0.05, 0.1) is 11.2 Å². The Balaban J connectivity index is 2.02. The molecule has 1 heterocycles. The summed E-state index contributed by atoms with van der Waals surface area (Å²) in [4.78, 5) is 4.03. The van der Waals surface area contributed by atoms with Gasteiger partial charge < -0.3 is 4.74 Å². The molecular formula is C12H8BrClFNO. The minimum Gasteiger partial charge on any atom is -0.487 e. The summed E-state index contributed by atoms with van der Waals surface area (Å²) < 4.78 is 19.1. The molecule has 0 radical (unpaired) electrons. The van der Waals surface area contributed by atoms with E-state index < -0.39 is 5.82 Å². The first-order valence-electron chi connectivity index (χ1n) is 4.83. The Labute approximate surface area is 112 Å². The van der Waals surface area contributed by atoms with E-state index in [9.17, 15) is 4.39 Å². The van der Waals surface area contributed by atoms with Crippen molar-refractivity contribution in [3.63, 3.8) is 0 Å². The number of benzene rings is 1. The first kappa shape index (κ1) is 12.3. The van der Waals surface area contributed by atoms with E-state index in [1.807, 2.05) is 0 Å². The van der Waals surface area contributed by atoms with Crippen LogP contribution in [-0.4, -0.2) is 4.98 Å². The zero-order valence-corrected chi connectivity index (χ0v) is 11.0. The normalized spacial score (nSPS) is 10.3. The van der Waals surface area contributed by atoms with Gasteiger partial charge in [0.2, 0.25) is 0 Å². The molecule has 1 aromatic carbocycles. The van der Waals surface area contributed by atoms with E-state index in [0.29, 0.717) is 12.4 Å². The fourth-order valence-corrected chi connectivity index (χ4v) is 1.68. The van der Waals surface area contributed by atoms with Crippen LogP contribution < -0.4 is 4.74 Å². The molecule has 1 aromatic heterocycles. The SMILES string of the molecule is Fc1ccc(COc2ccc(Br)nc2)cc1Cl. The molecule has 0 spiro atoms. The molecule has 0 saturated heterocycles. The molecule has 17 heavy (non-hydrogen) atoms. The fourth-order valence-electron chi connectivity index (χ4n) is 1.24. The number of pyridine rings is 1. The molecule has 2 nitrogen and oxygen atoms in total. The van der Waals surface area contributed by atoms with Gasteiger partial charge in [0.1, 0.15) is 22.8 Å². The summed E-state index contributed by atoms with van der Waals surface area (Å²) >= 11 is 8.90. The number of nitrogens with zero attached hydrogens (tertiary/aromatic N) is 1. The highest BCUT2D eigenvalue weighted by Crippen LogP contribution is 2.18. The Morgan fingerprint density at radius 3 is 2.76 bits per heavy atom. The molecule has 0 aliphatic carbocycles. The van der Waals surface area contributed by atoms with Crippen molar-refractivity contribution in [2.24, 2.45) is 0 Å². The van der Waals surface area contributed by atoms with Crippen molar-refractivity contribution in [2.75, 3.05) is 0 Å². The van der Waals surface area contributed by atoms with Crippen LogP contribution in [0.5, 0.6) is 5.75 Å². The van der Waals surface area contributed by atoms with Gasteiger partial charge in [0.25, 0.3) is 0 Å². The van der Waals surface area contributed by atoms with E-state index in [0.717, 1.165) is 10.2 Å². The molecule has 88 valence electrons. The molecule has 2 aromatic rings. The molecule has 0 atom stereocenters. The van der Waals surface area contributed by atoms with Crippen molar-refractivity contribution >= 4 is 27.5 Å². The summed E-state index contributed by atoms with van der Waals surface area (Å²) in [6.07, 6.45) is 1.61. The molecule has 0 N–H and O–H groups in total. The first-order valence-corrected chi connectivity index (χ1v) is 6.00. The van der Waals surface area contributed by atoms with Crippen LogP contribution in [0.15, 0.2) is 41.1 Å². The summed E-state index contributed by atoms with van der Waals surface area (Å²) in [6, 6.07) is 8.08. The summed E-state index contributed by atoms with van der Waals surface area (Å²) in [5, 5.41) is 0.0973. The van der Waals surface area contributed by atoms with Gasteiger partial charge in [0, 0.05) is 0 Å². The first-order chi connectivity index (χ1) is 8.15. The van der Waals surface area contributed by atoms with Gasteiger partial charge in [-0.2, -0.15) is 0 Å². The maximum absolute atomic E-state index is 12.9. The highest BCUT2D eigenvalue weighted by Gasteiger charge is 2.02. The third kappa shape index (κ3) is 3.41. The van der Waals surface area contributed by atoms with E-state index in [1.165, 1.54) is 6.07 Å². The Bertz CT molecular complexity index is 518. The van der Waals surface area contributed by atoms with Gasteiger partial charge in [-0.05, 0) is 45.8 Å². The minimum atomic E-state index is -0.430. The second-order valence-corrected chi connectivity index (χ2v) is 4.57. The second-order valence-electron chi connectivity index (χ2n) is 3.35. The monoisotopic (exact) mass is 315 g/mol. The van der Waals surface area contributed by atoms with E-state index in [2.05, 4.69) is 20.9 Å². The van der Waals surface area contributed by atoms with E-state index >= 15 is 0 Å². The van der Waals surface area contributed by atoms with Crippen molar-refractivity contribution in [2.45, 2.75) is 6.61 Å². The molecule has 0 amide bonds. The number of halogens is 3. The fraction of sp³-hybridized carbons (Fsp3) is 0.0833. The van der Waals surface area contributed by atoms with E-state index in [4.69, 9.17) is 16.3 Å². The summed E-state index contributed by atoms with van der Waals surface area (Å²) in [5.41, 5.74) is 0.805. The molecule has 0 aliphatic rings. The van der Waals surface area contributed by atoms with Crippen LogP contribution in [0.2, 0.25) is 5.02 Å². The van der Waals surface area contributed by atoms with Gasteiger partial charge in [-0.15, -0.1) is 0 Å². The van der Waals surface area contributed by atoms with Gasteiger partial charge in [-0.25, -0.2) is 9.37 Å². The maximum atomic E-state index is 12.9. The predicted octanol–water partition coefficient (Wildman–Crippen LogP) is 4.22. The van der Waals surface area contributed by atoms with Crippen LogP contribution in [0.4, 0.5) is 4.39 Å². The van der Waals surface area contributed by atoms with Crippen LogP contribution in [-0.2, 0) is 6.61 Å². The molecule has 0 aliphatic heterocycles. The predicted molar refractivity (Wildman–Crippen MR) is 67.7 cm³/mol. The van der Waals surface area contributed by atoms with Crippen molar-refractivity contribution in [1.29, 1.82) is 0 Å². The largest absolute Gasteiger partial charge is 0.487 e. The average Bonchev–Trinajstić information content (AvgIpc) is 2.33. The molecule has 2 rings (SSSR count). The van der Waals surface area contributed by atoms with Gasteiger partial charge in [-0.3, -0.25) is 0 Å². The van der Waals surface area contributed by atoms with Crippen molar-refractivity contribution in [1.82, 2.24) is 4.98 Å². The number of hydrogen-bond acceptors (Lipinski definition) is 2. The van der Waals surface area contributed by atoms with Crippen LogP contribution in [0.25, 0.3) is 0 Å². The standard InChI is InChI=1S/C12H8BrClFNO/c13-12-4-2-9(6-16-12)17-7-8-1-3-11(15)10(14)5-8/h1-6H,7H2. The highest BCUT2D eigenvalue weighted by atomic mass is 79.9. The lowest BCUT2D eigenvalue weighted by Crippen LogP contribution is -1.96. The molecule has 0 unspecified atom stereocenters. The van der Waals surface area contributed by atoms with Gasteiger partial charge in [-0.1, -0.05) is 17.7 Å². The lowest BCUT2D eigenvalue weighted by molar-refractivity contribution is 0.304. The Morgan fingerprint density at radius 2 is 2.12 bits per heavy atom. The lowest BCUT2D eigenvalue weighted by atomic mass is 10.2. The number of rotatable bonds is 3. The maximum Gasteiger partial charge on any atom is 0.141 e. The van der Waals surface area contributed by atoms with Crippen LogP contribution in [0, 0.1) is 5.82 Å².